The molecule has 2 aromatic rings. The van der Waals surface area contributed by atoms with Gasteiger partial charge in [-0.2, -0.15) is 5.26 Å². The van der Waals surface area contributed by atoms with Gasteiger partial charge in [-0.1, -0.05) is 13.0 Å². The molecule has 0 aromatic heterocycles. The van der Waals surface area contributed by atoms with E-state index in [1.54, 1.807) is 6.92 Å². The Kier molecular flexibility index (Phi) is 6.11. The molecule has 2 aromatic carbocycles. The highest BCUT2D eigenvalue weighted by atomic mass is 16.6. The van der Waals surface area contributed by atoms with Gasteiger partial charge in [0.15, 0.2) is 0 Å². The van der Waals surface area contributed by atoms with E-state index in [2.05, 4.69) is 0 Å². The van der Waals surface area contributed by atoms with Crippen molar-refractivity contribution in [3.05, 3.63) is 69.8 Å². The van der Waals surface area contributed by atoms with Crippen molar-refractivity contribution in [1.29, 1.82) is 5.26 Å². The average Bonchev–Trinajstić information content (AvgIpc) is 3.07. The summed E-state index contributed by atoms with van der Waals surface area (Å²) in [5, 5.41) is 20.0. The molecular weight excluding hydrogens is 400 g/mol. The molecule has 0 N–H and O–H groups in total. The van der Waals surface area contributed by atoms with E-state index in [0.29, 0.717) is 17.7 Å². The molecule has 1 fully saturated rings. The number of imide groups is 1. The second-order valence-corrected chi connectivity index (χ2v) is 7.22. The molecule has 3 rings (SSSR count). The average molecular weight is 420 g/mol. The maximum absolute atomic E-state index is 13.3. The van der Waals surface area contributed by atoms with Crippen molar-refractivity contribution in [2.24, 2.45) is 0 Å². The smallest absolute Gasteiger partial charge is 0.270 e. The molecule has 2 atom stereocenters. The van der Waals surface area contributed by atoms with Crippen LogP contribution in [0.4, 0.5) is 11.4 Å². The number of amides is 3. The number of nitriles is 1. The van der Waals surface area contributed by atoms with Crippen LogP contribution in [0.15, 0.2) is 48.5 Å². The van der Waals surface area contributed by atoms with Gasteiger partial charge < -0.3 is 4.90 Å². The lowest BCUT2D eigenvalue weighted by Gasteiger charge is -2.32. The number of non-ortho nitro benzene ring substituents is 1. The molecule has 9 nitrogen and oxygen atoms in total. The Morgan fingerprint density at radius 1 is 1.29 bits per heavy atom. The van der Waals surface area contributed by atoms with Crippen LogP contribution < -0.4 is 4.90 Å². The fourth-order valence-electron chi connectivity index (χ4n) is 3.54. The Balaban J connectivity index is 1.96. The van der Waals surface area contributed by atoms with Crippen LogP contribution in [0.2, 0.25) is 0 Å². The van der Waals surface area contributed by atoms with E-state index in [0.717, 1.165) is 11.0 Å². The van der Waals surface area contributed by atoms with E-state index >= 15 is 0 Å². The Hall–Kier alpha value is -4.06. The van der Waals surface area contributed by atoms with Crippen LogP contribution in [-0.4, -0.2) is 39.6 Å². The second-order valence-electron chi connectivity index (χ2n) is 7.22. The number of nitro benzene ring substituents is 1. The highest BCUT2D eigenvalue weighted by molar-refractivity contribution is 6.23. The van der Waals surface area contributed by atoms with Crippen LogP contribution in [0.3, 0.4) is 0 Å². The molecule has 0 aliphatic carbocycles. The van der Waals surface area contributed by atoms with Crippen molar-refractivity contribution in [2.45, 2.75) is 38.8 Å². The van der Waals surface area contributed by atoms with E-state index in [1.807, 2.05) is 13.0 Å². The molecular formula is C22H20N4O5. The lowest BCUT2D eigenvalue weighted by Crippen LogP contribution is -2.49. The molecule has 2 unspecified atom stereocenters. The van der Waals surface area contributed by atoms with Crippen LogP contribution >= 0.6 is 0 Å². The summed E-state index contributed by atoms with van der Waals surface area (Å²) in [6, 6.07) is 11.9. The van der Waals surface area contributed by atoms with Gasteiger partial charge in [0.2, 0.25) is 5.91 Å². The third kappa shape index (κ3) is 4.14. The molecule has 1 heterocycles. The van der Waals surface area contributed by atoms with Crippen LogP contribution in [0.1, 0.15) is 42.6 Å². The van der Waals surface area contributed by atoms with Crippen LogP contribution in [-0.2, 0) is 9.59 Å². The molecule has 31 heavy (non-hydrogen) atoms. The Morgan fingerprint density at radius 2 is 1.97 bits per heavy atom. The van der Waals surface area contributed by atoms with Gasteiger partial charge in [-0.05, 0) is 43.7 Å². The molecule has 9 heteroatoms. The first kappa shape index (κ1) is 21.6. The highest BCUT2D eigenvalue weighted by Gasteiger charge is 2.45. The number of nitrogens with zero attached hydrogens (tertiary/aromatic N) is 4. The van der Waals surface area contributed by atoms with E-state index in [4.69, 9.17) is 5.26 Å². The Labute approximate surface area is 178 Å². The first-order chi connectivity index (χ1) is 14.8. The normalized spacial score (nSPS) is 16.7. The fourth-order valence-corrected chi connectivity index (χ4v) is 3.54. The van der Waals surface area contributed by atoms with Crippen molar-refractivity contribution in [3.8, 4) is 6.07 Å². The van der Waals surface area contributed by atoms with Crippen LogP contribution in [0, 0.1) is 21.4 Å². The monoisotopic (exact) mass is 420 g/mol. The van der Waals surface area contributed by atoms with Gasteiger partial charge in [0.1, 0.15) is 6.04 Å². The minimum atomic E-state index is -1.02. The number of carbonyl (C=O) groups is 3. The molecule has 3 amide bonds. The number of hydrogen-bond donors (Lipinski definition) is 0. The number of carbonyl (C=O) groups excluding carboxylic acids is 3. The summed E-state index contributed by atoms with van der Waals surface area (Å²) in [6.07, 6.45) is 0.333. The molecule has 0 spiro atoms. The molecule has 0 saturated carbocycles. The maximum Gasteiger partial charge on any atom is 0.270 e. The van der Waals surface area contributed by atoms with E-state index < -0.39 is 28.7 Å². The lowest BCUT2D eigenvalue weighted by molar-refractivity contribution is -0.384. The van der Waals surface area contributed by atoms with Gasteiger partial charge in [-0.25, -0.2) is 4.90 Å². The number of rotatable bonds is 6. The Morgan fingerprint density at radius 3 is 2.55 bits per heavy atom. The van der Waals surface area contributed by atoms with Crippen molar-refractivity contribution >= 4 is 29.1 Å². The number of benzene rings is 2. The summed E-state index contributed by atoms with van der Waals surface area (Å²) in [4.78, 5) is 52.0. The van der Waals surface area contributed by atoms with E-state index in [-0.39, 0.29) is 23.7 Å². The largest absolute Gasteiger partial charge is 0.323 e. The lowest BCUT2D eigenvalue weighted by atomic mass is 10.1. The number of anilines is 1. The summed E-state index contributed by atoms with van der Waals surface area (Å²) in [7, 11) is 0. The van der Waals surface area contributed by atoms with Gasteiger partial charge in [-0.3, -0.25) is 24.5 Å². The summed E-state index contributed by atoms with van der Waals surface area (Å²) < 4.78 is 0. The quantitative estimate of drug-likeness (QED) is 0.402. The van der Waals surface area contributed by atoms with Crippen molar-refractivity contribution in [1.82, 2.24) is 4.90 Å². The SMILES string of the molecule is CCC(C)N(C(=O)c1cccc([N+](=O)[O-])c1)C1CC(=O)N(c2ccc(C#N)cc2)C1=O. The van der Waals surface area contributed by atoms with Crippen molar-refractivity contribution in [3.63, 3.8) is 0 Å². The van der Waals surface area contributed by atoms with Crippen LogP contribution in [0.5, 0.6) is 0 Å². The first-order valence-corrected chi connectivity index (χ1v) is 9.72. The zero-order valence-corrected chi connectivity index (χ0v) is 17.0. The summed E-state index contributed by atoms with van der Waals surface area (Å²) >= 11 is 0. The molecule has 1 aliphatic rings. The third-order valence-corrected chi connectivity index (χ3v) is 5.32. The van der Waals surface area contributed by atoms with E-state index in [1.165, 1.54) is 47.4 Å². The zero-order valence-electron chi connectivity index (χ0n) is 17.0. The molecule has 1 aliphatic heterocycles. The van der Waals surface area contributed by atoms with Gasteiger partial charge in [0.25, 0.3) is 17.5 Å². The fraction of sp³-hybridized carbons (Fsp3) is 0.273. The summed E-state index contributed by atoms with van der Waals surface area (Å²) in [5.41, 5.74) is 0.555. The second kappa shape index (κ2) is 8.75. The summed E-state index contributed by atoms with van der Waals surface area (Å²) in [5.74, 6) is -1.56. The van der Waals surface area contributed by atoms with Crippen molar-refractivity contribution in [2.75, 3.05) is 4.90 Å². The number of nitro groups is 1. The highest BCUT2D eigenvalue weighted by Crippen LogP contribution is 2.29. The third-order valence-electron chi connectivity index (χ3n) is 5.32. The predicted molar refractivity (Wildman–Crippen MR) is 111 cm³/mol. The van der Waals surface area contributed by atoms with Gasteiger partial charge in [-0.15, -0.1) is 0 Å². The maximum atomic E-state index is 13.3. The minimum Gasteiger partial charge on any atom is -0.323 e. The molecule has 0 radical (unpaired) electrons. The Bertz CT molecular complexity index is 1090. The van der Waals surface area contributed by atoms with Gasteiger partial charge >= 0.3 is 0 Å². The van der Waals surface area contributed by atoms with Gasteiger partial charge in [0.05, 0.1) is 28.7 Å². The van der Waals surface area contributed by atoms with E-state index in [9.17, 15) is 24.5 Å². The molecule has 0 bridgehead atoms. The summed E-state index contributed by atoms with van der Waals surface area (Å²) in [6.45, 7) is 3.61. The predicted octanol–water partition coefficient (Wildman–Crippen LogP) is 3.04. The van der Waals surface area contributed by atoms with Gasteiger partial charge in [0, 0.05) is 23.7 Å². The topological polar surface area (TPSA) is 125 Å². The molecule has 158 valence electrons. The number of hydrogen-bond acceptors (Lipinski definition) is 6. The standard InChI is InChI=1S/C22H20N4O5/c1-3-14(2)24(21(28)16-5-4-6-18(11-16)26(30)31)19-12-20(27)25(22(19)29)17-9-7-15(13-23)8-10-17/h4-11,14,19H,3,12H2,1-2H3. The minimum absolute atomic E-state index is 0.0755. The van der Waals surface area contributed by atoms with Crippen LogP contribution in [0.25, 0.3) is 0 Å². The molecule has 1 saturated heterocycles. The van der Waals surface area contributed by atoms with Crippen molar-refractivity contribution < 1.29 is 19.3 Å². The zero-order chi connectivity index (χ0) is 22.7. The first-order valence-electron chi connectivity index (χ1n) is 9.72.